The highest BCUT2D eigenvalue weighted by Gasteiger charge is 2.47. The fraction of sp³-hybridized carbons (Fsp3) is 0.207. The lowest BCUT2D eigenvalue weighted by atomic mass is 9.93. The standard InChI is InChI=1S/C29H27NO7/c1-17-14-22(36-3)12-13-23(17)27(32)25-26(19-6-5-7-21(16-19)35-2)30(29(34)28(25)33)20-10-8-18(9-11-20)15-24(31)37-4/h5-14,16,26,32H,15H2,1-4H3/b27-25-. The van der Waals surface area contributed by atoms with E-state index in [0.29, 0.717) is 39.4 Å². The number of nitrogens with zero attached hydrogens (tertiary/aromatic N) is 1. The van der Waals surface area contributed by atoms with Gasteiger partial charge in [0.2, 0.25) is 0 Å². The molecule has 0 aliphatic carbocycles. The Morgan fingerprint density at radius 1 is 0.919 bits per heavy atom. The summed E-state index contributed by atoms with van der Waals surface area (Å²) in [6.45, 7) is 1.79. The molecule has 1 amide bonds. The van der Waals surface area contributed by atoms with Crippen LogP contribution >= 0.6 is 0 Å². The van der Waals surface area contributed by atoms with Crippen molar-refractivity contribution in [2.24, 2.45) is 0 Å². The van der Waals surface area contributed by atoms with E-state index in [0.717, 1.165) is 0 Å². The highest BCUT2D eigenvalue weighted by Crippen LogP contribution is 2.43. The van der Waals surface area contributed by atoms with Crippen LogP contribution in [-0.4, -0.2) is 44.1 Å². The zero-order valence-corrected chi connectivity index (χ0v) is 21.0. The van der Waals surface area contributed by atoms with Gasteiger partial charge in [0.05, 0.1) is 39.4 Å². The summed E-state index contributed by atoms with van der Waals surface area (Å²) in [5.74, 6) is -1.11. The van der Waals surface area contributed by atoms with Crippen molar-refractivity contribution >= 4 is 29.1 Å². The maximum absolute atomic E-state index is 13.4. The van der Waals surface area contributed by atoms with Gasteiger partial charge in [-0.2, -0.15) is 0 Å². The molecule has 0 aromatic heterocycles. The maximum atomic E-state index is 13.4. The van der Waals surface area contributed by atoms with Crippen molar-refractivity contribution in [3.8, 4) is 11.5 Å². The minimum atomic E-state index is -0.914. The highest BCUT2D eigenvalue weighted by molar-refractivity contribution is 6.51. The summed E-state index contributed by atoms with van der Waals surface area (Å²) in [7, 11) is 4.38. The van der Waals surface area contributed by atoms with Gasteiger partial charge < -0.3 is 19.3 Å². The van der Waals surface area contributed by atoms with Gasteiger partial charge in [-0.1, -0.05) is 24.3 Å². The van der Waals surface area contributed by atoms with Crippen LogP contribution in [0.2, 0.25) is 0 Å². The SMILES string of the molecule is COC(=O)Cc1ccc(N2C(=O)C(=O)/C(=C(\O)c3ccc(OC)cc3C)C2c2cccc(OC)c2)cc1. The molecule has 190 valence electrons. The molecule has 8 nitrogen and oxygen atoms in total. The van der Waals surface area contributed by atoms with E-state index < -0.39 is 17.7 Å². The number of methoxy groups -OCH3 is 3. The van der Waals surface area contributed by atoms with Crippen LogP contribution in [0.25, 0.3) is 5.76 Å². The number of ether oxygens (including phenoxy) is 3. The summed E-state index contributed by atoms with van der Waals surface area (Å²) in [5.41, 5.74) is 2.78. The smallest absolute Gasteiger partial charge is 0.309 e. The van der Waals surface area contributed by atoms with Gasteiger partial charge in [-0.05, 0) is 66.1 Å². The van der Waals surface area contributed by atoms with Crippen LogP contribution in [0.4, 0.5) is 5.69 Å². The fourth-order valence-corrected chi connectivity index (χ4v) is 4.41. The first kappa shape index (κ1) is 25.5. The van der Waals surface area contributed by atoms with Crippen molar-refractivity contribution in [1.82, 2.24) is 0 Å². The molecule has 8 heteroatoms. The second-order valence-electron chi connectivity index (χ2n) is 8.55. The number of aryl methyl sites for hydroxylation is 1. The van der Waals surface area contributed by atoms with Crippen LogP contribution in [0.3, 0.4) is 0 Å². The average Bonchev–Trinajstić information content (AvgIpc) is 3.18. The van der Waals surface area contributed by atoms with E-state index in [1.165, 1.54) is 19.1 Å². The highest BCUT2D eigenvalue weighted by atomic mass is 16.5. The van der Waals surface area contributed by atoms with Crippen LogP contribution in [0.15, 0.2) is 72.3 Å². The Bertz CT molecular complexity index is 1390. The Balaban J connectivity index is 1.88. The molecular formula is C29H27NO7. The third-order valence-corrected chi connectivity index (χ3v) is 6.33. The predicted molar refractivity (Wildman–Crippen MR) is 138 cm³/mol. The maximum Gasteiger partial charge on any atom is 0.309 e. The van der Waals surface area contributed by atoms with Gasteiger partial charge in [-0.25, -0.2) is 0 Å². The molecule has 4 rings (SSSR count). The van der Waals surface area contributed by atoms with Crippen LogP contribution in [0, 0.1) is 6.92 Å². The number of esters is 1. The van der Waals surface area contributed by atoms with E-state index in [9.17, 15) is 19.5 Å². The number of anilines is 1. The first-order valence-corrected chi connectivity index (χ1v) is 11.5. The first-order chi connectivity index (χ1) is 17.8. The minimum Gasteiger partial charge on any atom is -0.507 e. The van der Waals surface area contributed by atoms with E-state index in [4.69, 9.17) is 14.2 Å². The minimum absolute atomic E-state index is 0.0369. The molecule has 0 radical (unpaired) electrons. The number of hydrogen-bond donors (Lipinski definition) is 1. The van der Waals surface area contributed by atoms with Gasteiger partial charge in [-0.3, -0.25) is 19.3 Å². The van der Waals surface area contributed by atoms with Gasteiger partial charge in [0.15, 0.2) is 0 Å². The lowest BCUT2D eigenvalue weighted by Crippen LogP contribution is -2.29. The molecule has 1 N–H and O–H groups in total. The number of amides is 1. The van der Waals surface area contributed by atoms with Crippen molar-refractivity contribution in [1.29, 1.82) is 0 Å². The summed E-state index contributed by atoms with van der Waals surface area (Å²) in [6.07, 6.45) is 0.0751. The first-order valence-electron chi connectivity index (χ1n) is 11.5. The second-order valence-corrected chi connectivity index (χ2v) is 8.55. The van der Waals surface area contributed by atoms with Crippen molar-refractivity contribution in [2.75, 3.05) is 26.2 Å². The fourth-order valence-electron chi connectivity index (χ4n) is 4.41. The molecule has 1 aliphatic rings. The van der Waals surface area contributed by atoms with Crippen molar-refractivity contribution in [3.63, 3.8) is 0 Å². The van der Waals surface area contributed by atoms with E-state index in [1.807, 2.05) is 0 Å². The normalized spacial score (nSPS) is 16.5. The number of ketones is 1. The van der Waals surface area contributed by atoms with Gasteiger partial charge >= 0.3 is 5.97 Å². The Labute approximate surface area is 214 Å². The Morgan fingerprint density at radius 2 is 1.59 bits per heavy atom. The van der Waals surface area contributed by atoms with Gasteiger partial charge in [0, 0.05) is 11.3 Å². The third-order valence-electron chi connectivity index (χ3n) is 6.33. The summed E-state index contributed by atoms with van der Waals surface area (Å²) in [6, 6.07) is 17.9. The molecule has 1 fully saturated rings. The molecule has 0 bridgehead atoms. The van der Waals surface area contributed by atoms with Crippen molar-refractivity contribution in [3.05, 3.63) is 94.6 Å². The predicted octanol–water partition coefficient (Wildman–Crippen LogP) is 4.35. The van der Waals surface area contributed by atoms with Gasteiger partial charge in [0.25, 0.3) is 11.7 Å². The molecule has 1 heterocycles. The Morgan fingerprint density at radius 3 is 2.22 bits per heavy atom. The molecule has 1 unspecified atom stereocenters. The summed E-state index contributed by atoms with van der Waals surface area (Å²) in [5, 5.41) is 11.4. The van der Waals surface area contributed by atoms with Gasteiger partial charge in [-0.15, -0.1) is 0 Å². The van der Waals surface area contributed by atoms with Gasteiger partial charge in [0.1, 0.15) is 17.3 Å². The number of hydrogen-bond acceptors (Lipinski definition) is 7. The number of benzene rings is 3. The quantitative estimate of drug-likeness (QED) is 0.222. The van der Waals surface area contributed by atoms with Crippen LogP contribution in [-0.2, 0) is 25.5 Å². The molecule has 0 spiro atoms. The van der Waals surface area contributed by atoms with E-state index >= 15 is 0 Å². The number of Topliss-reactive ketones (excluding diaryl/α,β-unsaturated/α-hetero) is 1. The number of carbonyl (C=O) groups is 3. The van der Waals surface area contributed by atoms with E-state index in [2.05, 4.69) is 0 Å². The lowest BCUT2D eigenvalue weighted by Gasteiger charge is -2.26. The third kappa shape index (κ3) is 4.91. The van der Waals surface area contributed by atoms with E-state index in [1.54, 1.807) is 80.8 Å². The summed E-state index contributed by atoms with van der Waals surface area (Å²) < 4.78 is 15.3. The Kier molecular flexibility index (Phi) is 7.29. The lowest BCUT2D eigenvalue weighted by molar-refractivity contribution is -0.139. The largest absolute Gasteiger partial charge is 0.507 e. The average molecular weight is 502 g/mol. The topological polar surface area (TPSA) is 102 Å². The number of aliphatic hydroxyl groups is 1. The molecule has 1 saturated heterocycles. The molecule has 1 atom stereocenters. The zero-order valence-electron chi connectivity index (χ0n) is 21.0. The number of rotatable bonds is 7. The number of aliphatic hydroxyl groups excluding tert-OH is 1. The second kappa shape index (κ2) is 10.6. The molecule has 0 saturated carbocycles. The molecule has 3 aromatic carbocycles. The zero-order chi connectivity index (χ0) is 26.7. The van der Waals surface area contributed by atoms with Crippen LogP contribution in [0.1, 0.15) is 28.3 Å². The molecule has 1 aliphatic heterocycles. The van der Waals surface area contributed by atoms with Crippen LogP contribution in [0.5, 0.6) is 11.5 Å². The molecular weight excluding hydrogens is 474 g/mol. The number of carbonyl (C=O) groups excluding carboxylic acids is 3. The molecule has 3 aromatic rings. The van der Waals surface area contributed by atoms with Crippen LogP contribution < -0.4 is 14.4 Å². The van der Waals surface area contributed by atoms with Crippen molar-refractivity contribution in [2.45, 2.75) is 19.4 Å². The summed E-state index contributed by atoms with van der Waals surface area (Å²) in [4.78, 5) is 39.8. The monoisotopic (exact) mass is 501 g/mol. The summed E-state index contributed by atoms with van der Waals surface area (Å²) >= 11 is 0. The Hall–Kier alpha value is -4.59. The van der Waals surface area contributed by atoms with Crippen molar-refractivity contribution < 1.29 is 33.7 Å². The molecule has 37 heavy (non-hydrogen) atoms. The van der Waals surface area contributed by atoms with E-state index in [-0.39, 0.29) is 23.7 Å².